The molecule has 0 saturated heterocycles. The van der Waals surface area contributed by atoms with Gasteiger partial charge in [-0.3, -0.25) is 0 Å². The van der Waals surface area contributed by atoms with Crippen molar-refractivity contribution in [1.82, 2.24) is 0 Å². The smallest absolute Gasteiger partial charge is 0.153 e. The molecule has 19 heteroatoms. The van der Waals surface area contributed by atoms with Crippen LogP contribution in [0.3, 0.4) is 0 Å². The fourth-order valence-electron chi connectivity index (χ4n) is 18.6. The Kier molecular flexibility index (Phi) is 26.8. The van der Waals surface area contributed by atoms with Crippen LogP contribution >= 0.6 is 222 Å². The highest BCUT2D eigenvalue weighted by Crippen LogP contribution is 2.50. The van der Waals surface area contributed by atoms with Gasteiger partial charge in [-0.2, -0.15) is 0 Å². The molecule has 0 aliphatic carbocycles. The highest BCUT2D eigenvalue weighted by Gasteiger charge is 2.21. The molecule has 680 valence electrons. The van der Waals surface area contributed by atoms with Gasteiger partial charge in [0.2, 0.25) is 0 Å². The molecule has 0 aliphatic heterocycles. The van der Waals surface area contributed by atoms with Crippen LogP contribution in [0.1, 0.15) is 0 Å². The van der Waals surface area contributed by atoms with Crippen LogP contribution in [0.15, 0.2) is 436 Å². The van der Waals surface area contributed by atoms with Crippen LogP contribution in [-0.2, 0) is 0 Å². The van der Waals surface area contributed by atoms with Crippen molar-refractivity contribution in [3.8, 4) is 66.8 Å². The number of halogens is 12. The number of hydrogen-bond donors (Lipinski definition) is 0. The summed E-state index contributed by atoms with van der Waals surface area (Å²) >= 11 is 68.0. The molecular weight excluding hydrogens is 2350 g/mol. The second-order valence-electron chi connectivity index (χ2n) is 33.8. The minimum Gasteiger partial charge on any atom is -0.456 e. The van der Waals surface area contributed by atoms with Crippen molar-refractivity contribution < 1.29 is 8.83 Å². The molecule has 0 N–H and O–H groups in total. The van der Waals surface area contributed by atoms with E-state index in [9.17, 15) is 0 Å². The van der Waals surface area contributed by atoms with E-state index in [1.165, 1.54) is 178 Å². The molecule has 0 radical (unpaired) electrons. The van der Waals surface area contributed by atoms with Gasteiger partial charge >= 0.3 is 0 Å². The number of benzene rings is 21. The van der Waals surface area contributed by atoms with Crippen molar-refractivity contribution in [3.63, 3.8) is 0 Å². The maximum absolute atomic E-state index is 6.54. The minimum absolute atomic E-state index is 0.646. The van der Waals surface area contributed by atoms with Gasteiger partial charge in [-0.25, -0.2) is 0 Å². The summed E-state index contributed by atoms with van der Waals surface area (Å²) in [7, 11) is 0. The summed E-state index contributed by atoms with van der Waals surface area (Å²) in [5, 5.41) is 26.4. The van der Waals surface area contributed by atoms with Crippen molar-refractivity contribution in [1.29, 1.82) is 0 Å². The molecule has 0 aliphatic rings. The van der Waals surface area contributed by atoms with E-state index in [4.69, 9.17) is 78.4 Å². The number of hydrogen-bond acceptors (Lipinski definition) is 7. The first-order chi connectivity index (χ1) is 68.8. The fraction of sp³-hybridized carbons (Fsp3) is 0. The standard InChI is InChI=1S/C24H12BrClS2.C22H12BrClO.C22H12BrClS.C18H10BrClO.2C18H10BrClS/c25-14-8-10-20-17(12-14)16-4-1-3-15(24(16)28-20)13-7-9-21-18(11-13)23-19(26)5-2-6-22(23)27-21;23-20-10-9-15(16-3-1-2-4-17(16)20)13-5-7-18-19-8-6-14(24)12-22(19)25-21(18)11-13;23-20-8-7-15(16-3-1-2-4-17(16)20)13-5-9-21-18(11-13)19-12-14(24)6-10-22(19)25-21;19-13-4-1-3-11(9-13)12-7-8-17-15(10-12)14-5-2-6-16(20)18(14)21-17;19-13-4-1-11(2-5-13)12-3-7-15-16-10-14(20)6-8-17(16)21-18(15)9-12;19-12-9-7-11(8-10-12)13-3-1-4-14-15-5-2-6-16(20)18(15)21-17(13)14/h1-12H;2*1-12H;3*1-10H. The quantitative estimate of drug-likeness (QED) is 0.166. The molecule has 28 rings (SSSR count). The summed E-state index contributed by atoms with van der Waals surface area (Å²) in [5.41, 5.74) is 17.9. The van der Waals surface area contributed by atoms with Crippen LogP contribution in [0.4, 0.5) is 0 Å². The van der Waals surface area contributed by atoms with E-state index in [-0.39, 0.29) is 0 Å². The topological polar surface area (TPSA) is 26.3 Å². The van der Waals surface area contributed by atoms with Crippen LogP contribution < -0.4 is 0 Å². The largest absolute Gasteiger partial charge is 0.456 e. The first kappa shape index (κ1) is 94.1. The predicted octanol–water partition coefficient (Wildman–Crippen LogP) is 46.6. The lowest BCUT2D eigenvalue weighted by atomic mass is 9.97. The number of thiophene rings is 5. The summed E-state index contributed by atoms with van der Waals surface area (Å²) in [6.07, 6.45) is 0. The molecule has 0 fully saturated rings. The zero-order chi connectivity index (χ0) is 96.0. The Hall–Kier alpha value is -10.5. The second kappa shape index (κ2) is 40.2. The van der Waals surface area contributed by atoms with Gasteiger partial charge in [-0.05, 0) is 282 Å². The zero-order valence-corrected chi connectivity index (χ0v) is 91.6. The van der Waals surface area contributed by atoms with E-state index < -0.39 is 0 Å². The third kappa shape index (κ3) is 18.8. The molecule has 7 heterocycles. The SMILES string of the molecule is Clc1ccc2c(c1)oc1cc(-c3ccc(Br)c4ccccc34)ccc12.Clc1ccc2sc3cc(-c4ccc(Br)cc4)ccc3c2c1.Clc1ccc2sc3ccc(-c4ccc(Br)c5ccccc45)cc3c2c1.Clc1cccc2c1oc1ccc(-c3cccc(Br)c3)cc12.Clc1cccc2c1sc1c(-c3ccc(Br)cc3)cccc12.Clc1cccc2sc3ccc(-c4cccc5c4sc4ccc(Br)cc45)cc3c12. The molecule has 7 aromatic heterocycles. The van der Waals surface area contributed by atoms with Crippen molar-refractivity contribution in [3.05, 3.63) is 457 Å². The maximum Gasteiger partial charge on any atom is 0.153 e. The van der Waals surface area contributed by atoms with Crippen LogP contribution in [-0.4, -0.2) is 0 Å². The molecule has 0 unspecified atom stereocenters. The van der Waals surface area contributed by atoms with E-state index in [0.29, 0.717) is 10.0 Å². The Morgan fingerprint density at radius 2 is 0.596 bits per heavy atom. The fourth-order valence-corrected chi connectivity index (χ4v) is 28.0. The molecule has 0 amide bonds. The van der Waals surface area contributed by atoms with Crippen LogP contribution in [0, 0.1) is 0 Å². The lowest BCUT2D eigenvalue weighted by molar-refractivity contribution is 0.668. The molecule has 0 bridgehead atoms. The Morgan fingerprint density at radius 3 is 1.28 bits per heavy atom. The van der Waals surface area contributed by atoms with Gasteiger partial charge in [0.1, 0.15) is 16.7 Å². The van der Waals surface area contributed by atoms with Gasteiger partial charge in [0, 0.05) is 171 Å². The number of furan rings is 2. The summed E-state index contributed by atoms with van der Waals surface area (Å²) in [5.74, 6) is 0. The molecule has 0 spiro atoms. The molecule has 141 heavy (non-hydrogen) atoms. The summed E-state index contributed by atoms with van der Waals surface area (Å²) in [6, 6.07) is 139. The lowest BCUT2D eigenvalue weighted by Crippen LogP contribution is -1.82. The number of para-hydroxylation sites is 1. The van der Waals surface area contributed by atoms with E-state index >= 15 is 0 Å². The van der Waals surface area contributed by atoms with Gasteiger partial charge < -0.3 is 8.83 Å². The Morgan fingerprint density at radius 1 is 0.177 bits per heavy atom. The number of rotatable bonds is 6. The normalized spacial score (nSPS) is 11.5. The van der Waals surface area contributed by atoms with Crippen molar-refractivity contribution in [2.24, 2.45) is 0 Å². The Bertz CT molecular complexity index is 9850. The highest BCUT2D eigenvalue weighted by atomic mass is 79.9. The number of fused-ring (bicyclic) bond motifs is 23. The average Bonchev–Trinajstić information content (AvgIpc) is 1.63. The summed E-state index contributed by atoms with van der Waals surface area (Å²) in [4.78, 5) is 0. The van der Waals surface area contributed by atoms with E-state index in [2.05, 4.69) is 405 Å². The molecular formula is C122H66Br6Cl6O2S5. The van der Waals surface area contributed by atoms with Crippen LogP contribution in [0.2, 0.25) is 30.1 Å². The molecule has 2 nitrogen and oxygen atoms in total. The summed E-state index contributed by atoms with van der Waals surface area (Å²) in [6.45, 7) is 0. The lowest BCUT2D eigenvalue weighted by Gasteiger charge is -2.09. The van der Waals surface area contributed by atoms with Crippen molar-refractivity contribution in [2.75, 3.05) is 0 Å². The van der Waals surface area contributed by atoms with Crippen molar-refractivity contribution in [2.45, 2.75) is 0 Å². The minimum atomic E-state index is 0.646. The average molecular weight is 2420 g/mol. The molecule has 0 atom stereocenters. The van der Waals surface area contributed by atoms with E-state index in [1.54, 1.807) is 22.7 Å². The predicted molar refractivity (Wildman–Crippen MR) is 642 cm³/mol. The Labute approximate surface area is 910 Å². The first-order valence-electron chi connectivity index (χ1n) is 44.7. The first-order valence-corrected chi connectivity index (χ1v) is 55.8. The summed E-state index contributed by atoms with van der Waals surface area (Å²) < 4.78 is 31.3. The van der Waals surface area contributed by atoms with Gasteiger partial charge in [0.25, 0.3) is 0 Å². The second-order valence-corrected chi connectivity index (χ2v) is 47.1. The maximum atomic E-state index is 6.54. The van der Waals surface area contributed by atoms with Crippen molar-refractivity contribution >= 4 is 388 Å². The molecule has 0 saturated carbocycles. The van der Waals surface area contributed by atoms with E-state index in [0.717, 1.165) is 102 Å². The van der Waals surface area contributed by atoms with Crippen LogP contribution in [0.5, 0.6) is 0 Å². The van der Waals surface area contributed by atoms with E-state index in [1.807, 2.05) is 125 Å². The third-order valence-corrected chi connectivity index (χ3v) is 36.4. The molecule has 28 aromatic rings. The highest BCUT2D eigenvalue weighted by molar-refractivity contribution is 9.11. The monoisotopic (exact) mass is 2410 g/mol. The van der Waals surface area contributed by atoms with Crippen LogP contribution in [0.25, 0.3) is 233 Å². The molecule has 21 aromatic carbocycles. The van der Waals surface area contributed by atoms with Gasteiger partial charge in [0.05, 0.1) is 14.7 Å². The van der Waals surface area contributed by atoms with Gasteiger partial charge in [-0.15, -0.1) is 56.7 Å². The Balaban J connectivity index is 0.0000000945. The zero-order valence-electron chi connectivity index (χ0n) is 73.5. The van der Waals surface area contributed by atoms with Gasteiger partial charge in [-0.1, -0.05) is 365 Å². The van der Waals surface area contributed by atoms with Gasteiger partial charge in [0.15, 0.2) is 5.58 Å². The third-order valence-electron chi connectivity index (χ3n) is 25.3.